The Bertz CT molecular complexity index is 247. The first-order valence-electron chi connectivity index (χ1n) is 6.93. The molecule has 0 heterocycles. The molecule has 2 unspecified atom stereocenters. The van der Waals surface area contributed by atoms with Crippen molar-refractivity contribution in [2.45, 2.75) is 64.5 Å². The van der Waals surface area contributed by atoms with Gasteiger partial charge in [-0.2, -0.15) is 0 Å². The van der Waals surface area contributed by atoms with Gasteiger partial charge in [-0.25, -0.2) is 0 Å². The lowest BCUT2D eigenvalue weighted by Crippen LogP contribution is -2.56. The average molecular weight is 258 g/mol. The molecule has 17 heavy (non-hydrogen) atoms. The van der Waals surface area contributed by atoms with Crippen LogP contribution in [-0.4, -0.2) is 22.8 Å². The fourth-order valence-electron chi connectivity index (χ4n) is 3.50. The first-order valence-corrected chi connectivity index (χ1v) is 8.83. The first-order chi connectivity index (χ1) is 7.83. The molecule has 2 nitrogen and oxygen atoms in total. The minimum absolute atomic E-state index is 0.153. The lowest BCUT2D eigenvalue weighted by molar-refractivity contribution is 0.173. The maximum atomic E-state index is 6.08. The highest BCUT2D eigenvalue weighted by Gasteiger charge is 2.59. The third-order valence-corrected chi connectivity index (χ3v) is 10.7. The lowest BCUT2D eigenvalue weighted by Gasteiger charge is -2.48. The lowest BCUT2D eigenvalue weighted by atomic mass is 9.99. The van der Waals surface area contributed by atoms with E-state index in [0.29, 0.717) is 11.5 Å². The predicted molar refractivity (Wildman–Crippen MR) is 75.4 cm³/mol. The van der Waals surface area contributed by atoms with Crippen LogP contribution in [0.5, 0.6) is 0 Å². The van der Waals surface area contributed by atoms with Crippen molar-refractivity contribution >= 4 is 8.56 Å². The van der Waals surface area contributed by atoms with E-state index in [0.717, 1.165) is 5.92 Å². The molecule has 0 saturated heterocycles. The van der Waals surface area contributed by atoms with Crippen LogP contribution in [-0.2, 0) is 8.85 Å². The zero-order valence-corrected chi connectivity index (χ0v) is 13.7. The van der Waals surface area contributed by atoms with Crippen LogP contribution >= 0.6 is 0 Å². The van der Waals surface area contributed by atoms with E-state index in [2.05, 4.69) is 34.6 Å². The molecule has 102 valence electrons. The largest absolute Gasteiger partial charge is 0.397 e. The van der Waals surface area contributed by atoms with E-state index in [1.54, 1.807) is 0 Å². The van der Waals surface area contributed by atoms with Crippen LogP contribution in [0.2, 0.25) is 10.6 Å². The Hall–Kier alpha value is 0.137. The van der Waals surface area contributed by atoms with E-state index in [1.165, 1.54) is 19.3 Å². The number of hydrogen-bond donors (Lipinski definition) is 0. The average Bonchev–Trinajstić information content (AvgIpc) is 2.67. The minimum atomic E-state index is -2.16. The van der Waals surface area contributed by atoms with Gasteiger partial charge in [0.25, 0.3) is 0 Å². The van der Waals surface area contributed by atoms with E-state index < -0.39 is 8.56 Å². The highest BCUT2D eigenvalue weighted by Crippen LogP contribution is 2.56. The summed E-state index contributed by atoms with van der Waals surface area (Å²) in [5, 5.41) is 0.153. The monoisotopic (exact) mass is 258 g/mol. The van der Waals surface area contributed by atoms with Crippen molar-refractivity contribution in [1.82, 2.24) is 0 Å². The van der Waals surface area contributed by atoms with E-state index in [4.69, 9.17) is 8.85 Å². The molecule has 1 saturated carbocycles. The second-order valence-electron chi connectivity index (χ2n) is 6.47. The molecule has 0 aromatic rings. The third kappa shape index (κ3) is 2.34. The Kier molecular flexibility index (Phi) is 4.84. The summed E-state index contributed by atoms with van der Waals surface area (Å²) < 4.78 is 12.2. The van der Waals surface area contributed by atoms with Crippen molar-refractivity contribution in [2.75, 3.05) is 14.2 Å². The van der Waals surface area contributed by atoms with Gasteiger partial charge in [-0.1, -0.05) is 47.5 Å². The molecule has 0 spiro atoms. The maximum absolute atomic E-state index is 6.08. The van der Waals surface area contributed by atoms with Crippen molar-refractivity contribution in [2.24, 2.45) is 11.8 Å². The zero-order valence-electron chi connectivity index (χ0n) is 12.7. The summed E-state index contributed by atoms with van der Waals surface area (Å²) in [6, 6.07) is 0. The molecular weight excluding hydrogens is 228 g/mol. The molecule has 1 aliphatic rings. The van der Waals surface area contributed by atoms with Gasteiger partial charge < -0.3 is 8.85 Å². The fourth-order valence-corrected chi connectivity index (χ4v) is 8.59. The van der Waals surface area contributed by atoms with Crippen molar-refractivity contribution in [3.8, 4) is 0 Å². The van der Waals surface area contributed by atoms with E-state index in [9.17, 15) is 0 Å². The van der Waals surface area contributed by atoms with E-state index >= 15 is 0 Å². The smallest absolute Gasteiger partial charge is 0.347 e. The zero-order chi connectivity index (χ0) is 13.3. The summed E-state index contributed by atoms with van der Waals surface area (Å²) in [5.74, 6) is 1.33. The van der Waals surface area contributed by atoms with Crippen molar-refractivity contribution in [1.29, 1.82) is 0 Å². The molecule has 2 atom stereocenters. The van der Waals surface area contributed by atoms with Gasteiger partial charge in [0.1, 0.15) is 0 Å². The molecule has 1 aliphatic carbocycles. The van der Waals surface area contributed by atoms with Crippen LogP contribution in [0, 0.1) is 11.8 Å². The quantitative estimate of drug-likeness (QED) is 0.683. The van der Waals surface area contributed by atoms with Crippen LogP contribution in [0.25, 0.3) is 0 Å². The Morgan fingerprint density at radius 3 is 1.94 bits per heavy atom. The Morgan fingerprint density at radius 2 is 1.65 bits per heavy atom. The molecule has 1 rings (SSSR count). The van der Waals surface area contributed by atoms with Crippen LogP contribution in [0.1, 0.15) is 53.9 Å². The van der Waals surface area contributed by atoms with Crippen molar-refractivity contribution < 1.29 is 8.85 Å². The van der Waals surface area contributed by atoms with Gasteiger partial charge in [0.05, 0.1) is 0 Å². The van der Waals surface area contributed by atoms with Gasteiger partial charge >= 0.3 is 8.56 Å². The Balaban J connectivity index is 3.12. The predicted octanol–water partition coefficient (Wildman–Crippen LogP) is 4.35. The summed E-state index contributed by atoms with van der Waals surface area (Å²) in [6.45, 7) is 11.6. The summed E-state index contributed by atoms with van der Waals surface area (Å²) >= 11 is 0. The summed E-state index contributed by atoms with van der Waals surface area (Å²) in [7, 11) is 1.57. The second kappa shape index (κ2) is 5.41. The molecule has 0 radical (unpaired) electrons. The van der Waals surface area contributed by atoms with Gasteiger partial charge in [-0.3, -0.25) is 0 Å². The molecule has 0 bridgehead atoms. The molecular formula is C14H30O2Si. The molecule has 0 amide bonds. The molecule has 3 heteroatoms. The molecule has 0 aromatic carbocycles. The number of hydrogen-bond acceptors (Lipinski definition) is 2. The van der Waals surface area contributed by atoms with Gasteiger partial charge in [0, 0.05) is 24.8 Å². The molecule has 0 aliphatic heterocycles. The first kappa shape index (κ1) is 15.2. The Labute approximate surface area is 108 Å². The van der Waals surface area contributed by atoms with Gasteiger partial charge in [0.15, 0.2) is 0 Å². The fraction of sp³-hybridized carbons (Fsp3) is 1.00. The van der Waals surface area contributed by atoms with Crippen molar-refractivity contribution in [3.63, 3.8) is 0 Å². The van der Waals surface area contributed by atoms with Gasteiger partial charge in [0.2, 0.25) is 0 Å². The van der Waals surface area contributed by atoms with Gasteiger partial charge in [-0.05, 0) is 18.3 Å². The Morgan fingerprint density at radius 1 is 1.12 bits per heavy atom. The highest BCUT2D eigenvalue weighted by atomic mass is 28.4. The topological polar surface area (TPSA) is 18.5 Å². The van der Waals surface area contributed by atoms with Crippen LogP contribution < -0.4 is 0 Å². The third-order valence-electron chi connectivity index (χ3n) is 5.30. The standard InChI is InChI=1S/C14H30O2Si/c1-11(2)14(4,5)17(15-6,16-7)13-10-8-9-12(13)3/h11-13H,8-10H2,1-7H3. The molecule has 0 aromatic heterocycles. The normalized spacial score (nSPS) is 26.8. The summed E-state index contributed by atoms with van der Waals surface area (Å²) in [6.07, 6.45) is 3.95. The van der Waals surface area contributed by atoms with Crippen LogP contribution in [0.15, 0.2) is 0 Å². The summed E-state index contributed by atoms with van der Waals surface area (Å²) in [5.41, 5.74) is 0.648. The minimum Gasteiger partial charge on any atom is -0.397 e. The number of rotatable bonds is 5. The van der Waals surface area contributed by atoms with Gasteiger partial charge in [-0.15, -0.1) is 0 Å². The molecule has 1 fully saturated rings. The summed E-state index contributed by atoms with van der Waals surface area (Å²) in [4.78, 5) is 0. The van der Waals surface area contributed by atoms with E-state index in [1.807, 2.05) is 14.2 Å². The molecule has 0 N–H and O–H groups in total. The SMILES string of the molecule is CO[Si](OC)(C1CCCC1C)C(C)(C)C(C)C. The van der Waals surface area contributed by atoms with E-state index in [-0.39, 0.29) is 5.04 Å². The van der Waals surface area contributed by atoms with Crippen LogP contribution in [0.3, 0.4) is 0 Å². The van der Waals surface area contributed by atoms with Crippen molar-refractivity contribution in [3.05, 3.63) is 0 Å². The van der Waals surface area contributed by atoms with Crippen LogP contribution in [0.4, 0.5) is 0 Å². The highest BCUT2D eigenvalue weighted by molar-refractivity contribution is 6.72. The second-order valence-corrected chi connectivity index (χ2v) is 10.6. The maximum Gasteiger partial charge on any atom is 0.347 e.